The summed E-state index contributed by atoms with van der Waals surface area (Å²) in [4.78, 5) is 4.52. The largest absolute Gasteiger partial charge is 0.386 e. The molecule has 0 bridgehead atoms. The molecule has 0 atom stereocenters. The zero-order chi connectivity index (χ0) is 27.1. The van der Waals surface area contributed by atoms with Crippen LogP contribution in [0.2, 0.25) is 0 Å². The molecule has 0 saturated carbocycles. The third kappa shape index (κ3) is 9.96. The topological polar surface area (TPSA) is 24.4 Å². The summed E-state index contributed by atoms with van der Waals surface area (Å²) in [5, 5.41) is 3.45. The van der Waals surface area contributed by atoms with E-state index >= 15 is 0 Å². The molecule has 0 heterocycles. The summed E-state index contributed by atoms with van der Waals surface area (Å²) >= 11 is 0. The lowest BCUT2D eigenvalue weighted by Gasteiger charge is -2.18. The summed E-state index contributed by atoms with van der Waals surface area (Å²) in [6.45, 7) is 21.8. The lowest BCUT2D eigenvalue weighted by molar-refractivity contribution is 0.666. The van der Waals surface area contributed by atoms with Gasteiger partial charge in [0.15, 0.2) is 0 Å². The Morgan fingerprint density at radius 1 is 0.722 bits per heavy atom. The fourth-order valence-corrected chi connectivity index (χ4v) is 4.75. The van der Waals surface area contributed by atoms with Crippen LogP contribution in [0.25, 0.3) is 11.1 Å². The molecule has 2 heteroatoms. The zero-order valence-corrected chi connectivity index (χ0v) is 25.0. The van der Waals surface area contributed by atoms with Crippen LogP contribution >= 0.6 is 0 Å². The molecule has 0 aliphatic heterocycles. The van der Waals surface area contributed by atoms with Gasteiger partial charge in [0.2, 0.25) is 0 Å². The summed E-state index contributed by atoms with van der Waals surface area (Å²) < 4.78 is 0. The first-order valence-electron chi connectivity index (χ1n) is 14.2. The Hall–Kier alpha value is -2.35. The molecule has 0 amide bonds. The zero-order valence-electron chi connectivity index (χ0n) is 25.0. The van der Waals surface area contributed by atoms with Gasteiger partial charge in [-0.25, -0.2) is 0 Å². The summed E-state index contributed by atoms with van der Waals surface area (Å²) in [5.74, 6) is 0. The van der Waals surface area contributed by atoms with E-state index in [4.69, 9.17) is 0 Å². The number of hydrogen-bond donors (Lipinski definition) is 1. The van der Waals surface area contributed by atoms with E-state index in [1.165, 1.54) is 90.4 Å². The van der Waals surface area contributed by atoms with Crippen molar-refractivity contribution in [1.29, 1.82) is 0 Å². The predicted molar refractivity (Wildman–Crippen MR) is 167 cm³/mol. The number of aliphatic imine (C=N–C) groups is 1. The third-order valence-corrected chi connectivity index (χ3v) is 7.10. The van der Waals surface area contributed by atoms with Crippen molar-refractivity contribution < 1.29 is 0 Å². The number of nitrogens with one attached hydrogen (secondary N) is 1. The molecule has 0 aromatic heterocycles. The van der Waals surface area contributed by atoms with Crippen molar-refractivity contribution in [3.05, 3.63) is 57.7 Å². The molecule has 0 fully saturated rings. The van der Waals surface area contributed by atoms with Gasteiger partial charge in [0.05, 0.1) is 11.4 Å². The van der Waals surface area contributed by atoms with Crippen LogP contribution in [0.15, 0.2) is 51.6 Å². The Morgan fingerprint density at radius 3 is 1.56 bits per heavy atom. The molecule has 1 rings (SSSR count). The molecule has 2 nitrogen and oxygen atoms in total. The van der Waals surface area contributed by atoms with Crippen LogP contribution in [-0.4, -0.2) is 13.8 Å². The molecule has 36 heavy (non-hydrogen) atoms. The first kappa shape index (κ1) is 31.7. The van der Waals surface area contributed by atoms with E-state index in [1.807, 2.05) is 7.05 Å². The first-order chi connectivity index (χ1) is 17.2. The Morgan fingerprint density at radius 2 is 1.17 bits per heavy atom. The fraction of sp³-hybridized carbons (Fsp3) is 0.559. The second-order valence-corrected chi connectivity index (χ2v) is 10.6. The third-order valence-electron chi connectivity index (χ3n) is 7.10. The molecule has 0 unspecified atom stereocenters. The van der Waals surface area contributed by atoms with E-state index in [-0.39, 0.29) is 0 Å². The number of rotatable bonds is 16. The lowest BCUT2D eigenvalue weighted by Crippen LogP contribution is -1.98. The van der Waals surface area contributed by atoms with Gasteiger partial charge in [0, 0.05) is 18.2 Å². The summed E-state index contributed by atoms with van der Waals surface area (Å²) in [6, 6.07) is 4.48. The van der Waals surface area contributed by atoms with Crippen LogP contribution in [0, 0.1) is 0 Å². The van der Waals surface area contributed by atoms with E-state index in [2.05, 4.69) is 96.7 Å². The number of anilines is 1. The first-order valence-corrected chi connectivity index (χ1v) is 14.2. The summed E-state index contributed by atoms with van der Waals surface area (Å²) in [5.41, 5.74) is 12.6. The average Bonchev–Trinajstić information content (AvgIpc) is 2.85. The average molecular weight is 491 g/mol. The standard InChI is InChI=1S/C34H54N2/c1-11-13-15-17-19-29(25(3)4)23-27(7)31-21-22-32(34(36-10)33(31)35-9)28(8)24-30(26(5)6)20-18-16-14-12-2/h21-24,36H,9,11-20H2,1-8,10H3/b27-23+,28-24+. The smallest absolute Gasteiger partial charge is 0.0934 e. The Kier molecular flexibility index (Phi) is 15.1. The van der Waals surface area contributed by atoms with Crippen molar-refractivity contribution in [2.45, 2.75) is 120 Å². The number of allylic oxidation sites excluding steroid dienone is 8. The molecule has 0 saturated heterocycles. The lowest BCUT2D eigenvalue weighted by atomic mass is 9.92. The van der Waals surface area contributed by atoms with Crippen molar-refractivity contribution in [2.75, 3.05) is 12.4 Å². The number of unbranched alkanes of at least 4 members (excludes halogenated alkanes) is 6. The number of nitrogens with zero attached hydrogens (tertiary/aromatic N) is 1. The van der Waals surface area contributed by atoms with Crippen molar-refractivity contribution >= 4 is 29.2 Å². The van der Waals surface area contributed by atoms with Crippen molar-refractivity contribution in [1.82, 2.24) is 0 Å². The van der Waals surface area contributed by atoms with Gasteiger partial charge in [-0.3, -0.25) is 4.99 Å². The van der Waals surface area contributed by atoms with E-state index in [0.717, 1.165) is 29.8 Å². The minimum absolute atomic E-state index is 0.942. The highest BCUT2D eigenvalue weighted by molar-refractivity contribution is 5.91. The summed E-state index contributed by atoms with van der Waals surface area (Å²) in [7, 11) is 1.99. The Labute approximate surface area is 223 Å². The second kappa shape index (κ2) is 17.2. The van der Waals surface area contributed by atoms with Gasteiger partial charge in [-0.2, -0.15) is 0 Å². The van der Waals surface area contributed by atoms with Gasteiger partial charge in [-0.05, 0) is 96.2 Å². The van der Waals surface area contributed by atoms with Crippen LogP contribution < -0.4 is 5.32 Å². The maximum absolute atomic E-state index is 4.52. The maximum atomic E-state index is 4.52. The van der Waals surface area contributed by atoms with Crippen LogP contribution in [0.1, 0.15) is 131 Å². The van der Waals surface area contributed by atoms with Gasteiger partial charge < -0.3 is 5.32 Å². The molecule has 200 valence electrons. The quantitative estimate of drug-likeness (QED) is 0.139. The second-order valence-electron chi connectivity index (χ2n) is 10.6. The fourth-order valence-electron chi connectivity index (χ4n) is 4.75. The molecule has 0 radical (unpaired) electrons. The Bertz CT molecular complexity index is 961. The van der Waals surface area contributed by atoms with E-state index in [1.54, 1.807) is 0 Å². The van der Waals surface area contributed by atoms with E-state index in [9.17, 15) is 0 Å². The van der Waals surface area contributed by atoms with Gasteiger partial charge in [-0.15, -0.1) is 0 Å². The van der Waals surface area contributed by atoms with Gasteiger partial charge in [0.25, 0.3) is 0 Å². The van der Waals surface area contributed by atoms with Crippen LogP contribution in [0.3, 0.4) is 0 Å². The predicted octanol–water partition coefficient (Wildman–Crippen LogP) is 11.5. The minimum atomic E-state index is 0.942. The number of hydrogen-bond acceptors (Lipinski definition) is 2. The highest BCUT2D eigenvalue weighted by Gasteiger charge is 2.15. The van der Waals surface area contributed by atoms with Crippen LogP contribution in [-0.2, 0) is 0 Å². The van der Waals surface area contributed by atoms with E-state index < -0.39 is 0 Å². The van der Waals surface area contributed by atoms with Crippen LogP contribution in [0.5, 0.6) is 0 Å². The highest BCUT2D eigenvalue weighted by atomic mass is 14.9. The van der Waals surface area contributed by atoms with Crippen molar-refractivity contribution in [3.63, 3.8) is 0 Å². The van der Waals surface area contributed by atoms with Crippen molar-refractivity contribution in [2.24, 2.45) is 4.99 Å². The normalized spacial score (nSPS) is 11.9. The van der Waals surface area contributed by atoms with Crippen molar-refractivity contribution in [3.8, 4) is 0 Å². The molecule has 0 spiro atoms. The van der Waals surface area contributed by atoms with Gasteiger partial charge in [-0.1, -0.05) is 87.8 Å². The molecule has 1 aromatic rings. The number of benzene rings is 1. The maximum Gasteiger partial charge on any atom is 0.0934 e. The van der Waals surface area contributed by atoms with E-state index in [0.29, 0.717) is 0 Å². The molecule has 0 aliphatic rings. The molecular weight excluding hydrogens is 436 g/mol. The SMILES string of the molecule is C=Nc1c(/C(C)=C/C(CCCCCC)=C(C)C)ccc(/C(C)=C/C(CCCCCC)=C(C)C)c1NC. The Balaban J connectivity index is 3.38. The molecule has 0 aliphatic carbocycles. The van der Waals surface area contributed by atoms with Crippen LogP contribution in [0.4, 0.5) is 11.4 Å². The van der Waals surface area contributed by atoms with Gasteiger partial charge >= 0.3 is 0 Å². The minimum Gasteiger partial charge on any atom is -0.386 e. The summed E-state index contributed by atoms with van der Waals surface area (Å²) in [6.07, 6.45) is 17.3. The molecule has 1 aromatic carbocycles. The molecule has 1 N–H and O–H groups in total. The monoisotopic (exact) mass is 490 g/mol. The van der Waals surface area contributed by atoms with Gasteiger partial charge in [0.1, 0.15) is 0 Å². The highest BCUT2D eigenvalue weighted by Crippen LogP contribution is 2.40. The molecular formula is C34H54N2.